The summed E-state index contributed by atoms with van der Waals surface area (Å²) in [6.45, 7) is 5.90. The minimum absolute atomic E-state index is 0.0192. The smallest absolute Gasteiger partial charge is 0.252 e. The highest BCUT2D eigenvalue weighted by Gasteiger charge is 2.60. The van der Waals surface area contributed by atoms with Crippen molar-refractivity contribution in [3.63, 3.8) is 0 Å². The van der Waals surface area contributed by atoms with E-state index in [1.807, 2.05) is 0 Å². The SMILES string of the molecule is C=C1C(C(N)=O)=C(O)[C@@H](N(C)C)[C@@H]2C[C@@H]3Cc4c(F)c(CN(CC5CCC5)CC5CC5)cc(O)c4C(=O)C3=C(O)[C@]12O. The Morgan fingerprint density at radius 1 is 1.14 bits per heavy atom. The molecule has 0 aromatic heterocycles. The molecular formula is C32H40FN3O6. The van der Waals surface area contributed by atoms with Crippen LogP contribution in [-0.2, 0) is 17.8 Å². The van der Waals surface area contributed by atoms with Gasteiger partial charge in [-0.3, -0.25) is 19.4 Å². The van der Waals surface area contributed by atoms with Crippen molar-refractivity contribution < 1.29 is 34.4 Å². The van der Waals surface area contributed by atoms with Crippen molar-refractivity contribution in [3.05, 3.63) is 63.4 Å². The number of fused-ring (bicyclic) bond motifs is 3. The molecule has 2 saturated carbocycles. The lowest BCUT2D eigenvalue weighted by Crippen LogP contribution is -2.60. The van der Waals surface area contributed by atoms with Crippen molar-refractivity contribution in [2.45, 2.75) is 63.1 Å². The lowest BCUT2D eigenvalue weighted by Gasteiger charge is -2.52. The van der Waals surface area contributed by atoms with Crippen LogP contribution in [0.2, 0.25) is 0 Å². The van der Waals surface area contributed by atoms with Crippen LogP contribution in [0, 0.1) is 29.5 Å². The van der Waals surface area contributed by atoms with E-state index in [1.165, 1.54) is 38.2 Å². The molecule has 1 amide bonds. The number of aromatic hydroxyl groups is 1. The molecule has 0 spiro atoms. The van der Waals surface area contributed by atoms with Gasteiger partial charge in [-0.25, -0.2) is 4.39 Å². The number of phenolic OH excluding ortho intramolecular Hbond substituents is 1. The summed E-state index contributed by atoms with van der Waals surface area (Å²) in [5, 5.41) is 45.6. The van der Waals surface area contributed by atoms with Gasteiger partial charge in [-0.05, 0) is 76.4 Å². The van der Waals surface area contributed by atoms with Crippen molar-refractivity contribution in [2.75, 3.05) is 27.2 Å². The number of aliphatic hydroxyl groups excluding tert-OH is 2. The number of ketones is 1. The number of carbonyl (C=O) groups excluding carboxylic acids is 2. The van der Waals surface area contributed by atoms with Gasteiger partial charge in [0.05, 0.1) is 17.2 Å². The minimum Gasteiger partial charge on any atom is -0.510 e. The number of likely N-dealkylation sites (N-methyl/N-ethyl adjacent to an activating group) is 1. The number of allylic oxidation sites excluding steroid dienone is 1. The van der Waals surface area contributed by atoms with Crippen molar-refractivity contribution in [3.8, 4) is 5.75 Å². The van der Waals surface area contributed by atoms with Crippen LogP contribution in [0.5, 0.6) is 5.75 Å². The maximum Gasteiger partial charge on any atom is 0.252 e. The van der Waals surface area contributed by atoms with E-state index in [2.05, 4.69) is 11.5 Å². The first kappa shape index (κ1) is 28.9. The molecule has 0 aliphatic heterocycles. The number of rotatable bonds is 8. The number of aliphatic hydroxyl groups is 3. The molecule has 0 unspecified atom stereocenters. The van der Waals surface area contributed by atoms with E-state index in [4.69, 9.17) is 5.73 Å². The van der Waals surface area contributed by atoms with E-state index in [9.17, 15) is 30.0 Å². The molecule has 42 heavy (non-hydrogen) atoms. The number of carbonyl (C=O) groups is 2. The van der Waals surface area contributed by atoms with Crippen LogP contribution >= 0.6 is 0 Å². The topological polar surface area (TPSA) is 148 Å². The fraction of sp³-hybridized carbons (Fsp3) is 0.562. The van der Waals surface area contributed by atoms with Gasteiger partial charge in [0.15, 0.2) is 11.4 Å². The number of amides is 1. The van der Waals surface area contributed by atoms with Crippen molar-refractivity contribution in [1.82, 2.24) is 9.80 Å². The van der Waals surface area contributed by atoms with Gasteiger partial charge in [-0.15, -0.1) is 0 Å². The lowest BCUT2D eigenvalue weighted by molar-refractivity contribution is -0.115. The molecule has 0 saturated heterocycles. The average Bonchev–Trinajstić information content (AvgIpc) is 3.70. The normalized spacial score (nSPS) is 29.5. The molecule has 9 nitrogen and oxygen atoms in total. The van der Waals surface area contributed by atoms with E-state index in [1.54, 1.807) is 19.0 Å². The van der Waals surface area contributed by atoms with Crippen LogP contribution in [-0.4, -0.2) is 80.7 Å². The second kappa shape index (κ2) is 10.2. The number of hydrogen-bond donors (Lipinski definition) is 5. The molecule has 1 aromatic carbocycles. The summed E-state index contributed by atoms with van der Waals surface area (Å²) in [6, 6.07) is 0.383. The highest BCUT2D eigenvalue weighted by molar-refractivity contribution is 6.13. The first-order valence-corrected chi connectivity index (χ1v) is 14.9. The molecule has 2 fully saturated rings. The zero-order valence-corrected chi connectivity index (χ0v) is 24.2. The van der Waals surface area contributed by atoms with E-state index in [0.717, 1.165) is 13.1 Å². The molecule has 4 atom stereocenters. The van der Waals surface area contributed by atoms with Gasteiger partial charge in [-0.1, -0.05) is 13.0 Å². The average molecular weight is 582 g/mol. The number of hydrogen-bond acceptors (Lipinski definition) is 8. The number of Topliss-reactive ketones (excluding diaryl/α,β-unsaturated/α-hetero) is 1. The Balaban J connectivity index is 1.40. The van der Waals surface area contributed by atoms with E-state index < -0.39 is 52.3 Å². The molecule has 226 valence electrons. The first-order valence-electron chi connectivity index (χ1n) is 14.9. The molecule has 1 aromatic rings. The Morgan fingerprint density at radius 3 is 2.33 bits per heavy atom. The van der Waals surface area contributed by atoms with Gasteiger partial charge >= 0.3 is 0 Å². The van der Waals surface area contributed by atoms with Crippen LogP contribution in [0.3, 0.4) is 0 Å². The number of benzene rings is 1. The number of halogens is 1. The third-order valence-electron chi connectivity index (χ3n) is 10.3. The number of phenols is 1. The number of nitrogens with two attached hydrogens (primary N) is 1. The van der Waals surface area contributed by atoms with E-state index in [0.29, 0.717) is 23.9 Å². The predicted molar refractivity (Wildman–Crippen MR) is 153 cm³/mol. The van der Waals surface area contributed by atoms with Crippen LogP contribution in [0.1, 0.15) is 60.0 Å². The van der Waals surface area contributed by atoms with Gasteiger partial charge in [-0.2, -0.15) is 0 Å². The Kier molecular flexibility index (Phi) is 7.02. The molecular weight excluding hydrogens is 541 g/mol. The summed E-state index contributed by atoms with van der Waals surface area (Å²) in [4.78, 5) is 30.0. The van der Waals surface area contributed by atoms with Crippen LogP contribution < -0.4 is 5.73 Å². The first-order chi connectivity index (χ1) is 19.8. The molecule has 5 aliphatic carbocycles. The van der Waals surface area contributed by atoms with Crippen molar-refractivity contribution in [1.29, 1.82) is 0 Å². The van der Waals surface area contributed by atoms with E-state index in [-0.39, 0.29) is 46.6 Å². The standard InChI is InChI=1S/C32H40FN3O6/c1-15-23(31(34)41)29(39)27(35(2)3)21-10-18-9-20-25(28(38)24(18)30(40)32(15,21)42)22(37)11-19(26(20)33)14-36(13-17-7-8-17)12-16-5-4-6-16/h11,16-18,21,27,37,39-40,42H,1,4-10,12-14H2,2-3H3,(H2,34,41)/t18-,21-,27-,32-/m0/s1. The Labute approximate surface area is 244 Å². The van der Waals surface area contributed by atoms with Crippen LogP contribution in [0.4, 0.5) is 4.39 Å². The summed E-state index contributed by atoms with van der Waals surface area (Å²) in [6.07, 6.45) is 6.02. The largest absolute Gasteiger partial charge is 0.510 e. The summed E-state index contributed by atoms with van der Waals surface area (Å²) in [5.74, 6) is -4.17. The molecule has 6 N–H and O–H groups in total. The van der Waals surface area contributed by atoms with Crippen LogP contribution in [0.25, 0.3) is 0 Å². The second-order valence-electron chi connectivity index (χ2n) is 13.3. The highest BCUT2D eigenvalue weighted by atomic mass is 19.1. The summed E-state index contributed by atoms with van der Waals surface area (Å²) in [5.41, 5.74) is 2.62. The Bertz CT molecular complexity index is 1440. The summed E-state index contributed by atoms with van der Waals surface area (Å²) >= 11 is 0. The van der Waals surface area contributed by atoms with Gasteiger partial charge in [0.25, 0.3) is 5.91 Å². The quantitative estimate of drug-likeness (QED) is 0.314. The maximum atomic E-state index is 16.2. The van der Waals surface area contributed by atoms with Gasteiger partial charge in [0, 0.05) is 47.8 Å². The van der Waals surface area contributed by atoms with E-state index >= 15 is 4.39 Å². The third-order valence-corrected chi connectivity index (χ3v) is 10.3. The van der Waals surface area contributed by atoms with Crippen LogP contribution in [0.15, 0.2) is 40.9 Å². The van der Waals surface area contributed by atoms with Gasteiger partial charge < -0.3 is 26.2 Å². The molecule has 0 heterocycles. The zero-order valence-electron chi connectivity index (χ0n) is 24.2. The molecule has 10 heteroatoms. The molecule has 6 rings (SSSR count). The fourth-order valence-corrected chi connectivity index (χ4v) is 7.79. The predicted octanol–water partition coefficient (Wildman–Crippen LogP) is 3.26. The highest BCUT2D eigenvalue weighted by Crippen LogP contribution is 2.55. The molecule has 0 radical (unpaired) electrons. The maximum absolute atomic E-state index is 16.2. The third kappa shape index (κ3) is 4.37. The van der Waals surface area contributed by atoms with Gasteiger partial charge in [0.2, 0.25) is 0 Å². The Morgan fingerprint density at radius 2 is 1.79 bits per heavy atom. The zero-order chi connectivity index (χ0) is 30.2. The number of primary amides is 1. The summed E-state index contributed by atoms with van der Waals surface area (Å²) < 4.78 is 16.2. The second-order valence-corrected chi connectivity index (χ2v) is 13.3. The van der Waals surface area contributed by atoms with Crippen molar-refractivity contribution >= 4 is 11.7 Å². The van der Waals surface area contributed by atoms with Gasteiger partial charge in [0.1, 0.15) is 23.1 Å². The Hall–Kier alpha value is -3.21. The monoisotopic (exact) mass is 581 g/mol. The fourth-order valence-electron chi connectivity index (χ4n) is 7.79. The molecule has 5 aliphatic rings. The summed E-state index contributed by atoms with van der Waals surface area (Å²) in [7, 11) is 3.29. The van der Waals surface area contributed by atoms with Crippen molar-refractivity contribution in [2.24, 2.45) is 29.4 Å². The minimum atomic E-state index is -2.27. The lowest BCUT2D eigenvalue weighted by atomic mass is 9.57. The number of nitrogens with zero attached hydrogens (tertiary/aromatic N) is 2. The molecule has 0 bridgehead atoms.